The van der Waals surface area contributed by atoms with E-state index in [1.807, 2.05) is 18.6 Å². The Bertz CT molecular complexity index is 887. The van der Waals surface area contributed by atoms with Gasteiger partial charge in [0.05, 0.1) is 23.4 Å². The fraction of sp³-hybridized carbons (Fsp3) is 0.316. The van der Waals surface area contributed by atoms with E-state index in [0.29, 0.717) is 6.04 Å². The first-order valence-corrected chi connectivity index (χ1v) is 9.89. The standard InChI is InChI=1S/C19H20FN5S/c1-26-19-22-11-8-16(24-19)18-17(13-2-4-14(20)5-3-13)23-12-25(18)15-6-9-21-10-7-15/h2-5,8,11-12,15,21H,6-7,9-10H2,1H3. The lowest BCUT2D eigenvalue weighted by Crippen LogP contribution is -2.29. The first-order valence-electron chi connectivity index (χ1n) is 8.67. The van der Waals surface area contributed by atoms with Crippen LogP contribution in [0.25, 0.3) is 22.6 Å². The van der Waals surface area contributed by atoms with E-state index in [-0.39, 0.29) is 5.82 Å². The van der Waals surface area contributed by atoms with Crippen LogP contribution >= 0.6 is 11.8 Å². The number of aromatic nitrogens is 4. The number of rotatable bonds is 4. The molecule has 134 valence electrons. The maximum absolute atomic E-state index is 13.4. The molecule has 4 rings (SSSR count). The van der Waals surface area contributed by atoms with Gasteiger partial charge in [-0.1, -0.05) is 11.8 Å². The minimum atomic E-state index is -0.250. The van der Waals surface area contributed by atoms with Gasteiger partial charge in [-0.15, -0.1) is 0 Å². The molecule has 1 N–H and O–H groups in total. The van der Waals surface area contributed by atoms with Crippen molar-refractivity contribution in [2.24, 2.45) is 0 Å². The summed E-state index contributed by atoms with van der Waals surface area (Å²) in [6.45, 7) is 1.99. The Kier molecular flexibility index (Phi) is 4.99. The molecule has 7 heteroatoms. The van der Waals surface area contributed by atoms with Crippen LogP contribution in [-0.2, 0) is 0 Å². The Morgan fingerprint density at radius 1 is 1.12 bits per heavy atom. The number of nitrogens with one attached hydrogen (secondary N) is 1. The Morgan fingerprint density at radius 2 is 1.88 bits per heavy atom. The van der Waals surface area contributed by atoms with E-state index < -0.39 is 0 Å². The van der Waals surface area contributed by atoms with Crippen molar-refractivity contribution in [3.8, 4) is 22.6 Å². The van der Waals surface area contributed by atoms with Crippen LogP contribution in [-0.4, -0.2) is 38.9 Å². The summed E-state index contributed by atoms with van der Waals surface area (Å²) >= 11 is 1.51. The highest BCUT2D eigenvalue weighted by molar-refractivity contribution is 7.98. The van der Waals surface area contributed by atoms with Gasteiger partial charge in [0.1, 0.15) is 5.82 Å². The zero-order valence-electron chi connectivity index (χ0n) is 14.5. The molecular weight excluding hydrogens is 349 g/mol. The lowest BCUT2D eigenvalue weighted by Gasteiger charge is -2.25. The van der Waals surface area contributed by atoms with Crippen LogP contribution in [0.2, 0.25) is 0 Å². The summed E-state index contributed by atoms with van der Waals surface area (Å²) in [5.74, 6) is -0.250. The fourth-order valence-electron chi connectivity index (χ4n) is 3.37. The largest absolute Gasteiger partial charge is 0.326 e. The number of benzene rings is 1. The number of hydrogen-bond acceptors (Lipinski definition) is 5. The second kappa shape index (κ2) is 7.55. The highest BCUT2D eigenvalue weighted by Crippen LogP contribution is 2.34. The third kappa shape index (κ3) is 3.37. The number of nitrogens with zero attached hydrogens (tertiary/aromatic N) is 4. The second-order valence-electron chi connectivity index (χ2n) is 6.27. The van der Waals surface area contributed by atoms with Crippen molar-refractivity contribution in [1.82, 2.24) is 24.8 Å². The molecule has 0 bridgehead atoms. The van der Waals surface area contributed by atoms with Crippen molar-refractivity contribution in [2.75, 3.05) is 19.3 Å². The van der Waals surface area contributed by atoms with Crippen molar-refractivity contribution in [2.45, 2.75) is 24.0 Å². The molecule has 0 aliphatic carbocycles. The van der Waals surface area contributed by atoms with Crippen LogP contribution in [0.1, 0.15) is 18.9 Å². The average Bonchev–Trinajstić information content (AvgIpc) is 3.14. The minimum absolute atomic E-state index is 0.250. The van der Waals surface area contributed by atoms with Crippen molar-refractivity contribution in [3.05, 3.63) is 48.7 Å². The molecule has 0 saturated carbocycles. The van der Waals surface area contributed by atoms with Gasteiger partial charge < -0.3 is 9.88 Å². The molecule has 3 heterocycles. The monoisotopic (exact) mass is 369 g/mol. The highest BCUT2D eigenvalue weighted by Gasteiger charge is 2.23. The lowest BCUT2D eigenvalue weighted by atomic mass is 10.0. The Hall–Kier alpha value is -2.25. The van der Waals surface area contributed by atoms with E-state index in [9.17, 15) is 4.39 Å². The smallest absolute Gasteiger partial charge is 0.187 e. The molecule has 0 spiro atoms. The van der Waals surface area contributed by atoms with Gasteiger partial charge in [0, 0.05) is 17.8 Å². The molecule has 2 aromatic heterocycles. The zero-order valence-corrected chi connectivity index (χ0v) is 15.3. The summed E-state index contributed by atoms with van der Waals surface area (Å²) in [7, 11) is 0. The summed E-state index contributed by atoms with van der Waals surface area (Å²) < 4.78 is 15.6. The van der Waals surface area contributed by atoms with E-state index in [1.165, 1.54) is 23.9 Å². The van der Waals surface area contributed by atoms with Gasteiger partial charge in [-0.25, -0.2) is 19.3 Å². The van der Waals surface area contributed by atoms with Crippen molar-refractivity contribution in [1.29, 1.82) is 0 Å². The first kappa shape index (κ1) is 17.2. The van der Waals surface area contributed by atoms with E-state index in [2.05, 4.69) is 19.9 Å². The van der Waals surface area contributed by atoms with Gasteiger partial charge in [0.15, 0.2) is 5.16 Å². The molecule has 3 aromatic rings. The first-order chi connectivity index (χ1) is 12.8. The molecule has 5 nitrogen and oxygen atoms in total. The molecule has 1 fully saturated rings. The summed E-state index contributed by atoms with van der Waals surface area (Å²) in [6, 6.07) is 8.77. The summed E-state index contributed by atoms with van der Waals surface area (Å²) in [5, 5.41) is 4.13. The minimum Gasteiger partial charge on any atom is -0.326 e. The predicted molar refractivity (Wildman–Crippen MR) is 102 cm³/mol. The summed E-state index contributed by atoms with van der Waals surface area (Å²) in [4.78, 5) is 13.7. The van der Waals surface area contributed by atoms with Gasteiger partial charge in [0.25, 0.3) is 0 Å². The second-order valence-corrected chi connectivity index (χ2v) is 7.04. The molecular formula is C19H20FN5S. The number of piperidine rings is 1. The van der Waals surface area contributed by atoms with Crippen LogP contribution in [0, 0.1) is 5.82 Å². The van der Waals surface area contributed by atoms with Crippen LogP contribution in [0.3, 0.4) is 0 Å². The third-order valence-electron chi connectivity index (χ3n) is 4.67. The molecule has 1 saturated heterocycles. The molecule has 26 heavy (non-hydrogen) atoms. The normalized spacial score (nSPS) is 15.3. The number of imidazole rings is 1. The third-order valence-corrected chi connectivity index (χ3v) is 5.23. The van der Waals surface area contributed by atoms with Crippen molar-refractivity contribution < 1.29 is 4.39 Å². The molecule has 0 radical (unpaired) electrons. The molecule has 1 aromatic carbocycles. The van der Waals surface area contributed by atoms with Crippen molar-refractivity contribution >= 4 is 11.8 Å². The Labute approximate surface area is 156 Å². The van der Waals surface area contributed by atoms with E-state index in [1.54, 1.807) is 18.3 Å². The highest BCUT2D eigenvalue weighted by atomic mass is 32.2. The van der Waals surface area contributed by atoms with E-state index in [4.69, 9.17) is 4.98 Å². The maximum Gasteiger partial charge on any atom is 0.187 e. The van der Waals surface area contributed by atoms with Crippen molar-refractivity contribution in [3.63, 3.8) is 0 Å². The average molecular weight is 369 g/mol. The number of halogens is 1. The van der Waals surface area contributed by atoms with Gasteiger partial charge >= 0.3 is 0 Å². The molecule has 0 atom stereocenters. The lowest BCUT2D eigenvalue weighted by molar-refractivity contribution is 0.370. The quantitative estimate of drug-likeness (QED) is 0.560. The van der Waals surface area contributed by atoms with Crippen LogP contribution in [0.4, 0.5) is 4.39 Å². The maximum atomic E-state index is 13.4. The van der Waals surface area contributed by atoms with Gasteiger partial charge in [0.2, 0.25) is 0 Å². The Balaban J connectivity index is 1.86. The summed E-state index contributed by atoms with van der Waals surface area (Å²) in [6.07, 6.45) is 7.73. The molecule has 1 aliphatic heterocycles. The van der Waals surface area contributed by atoms with E-state index in [0.717, 1.165) is 53.7 Å². The fourth-order valence-corrected chi connectivity index (χ4v) is 3.72. The zero-order chi connectivity index (χ0) is 17.9. The number of thioether (sulfide) groups is 1. The topological polar surface area (TPSA) is 55.6 Å². The SMILES string of the molecule is CSc1nccc(-c2c(-c3ccc(F)cc3)ncn2C2CCNCC2)n1. The Morgan fingerprint density at radius 3 is 2.62 bits per heavy atom. The van der Waals surface area contributed by atoms with E-state index >= 15 is 0 Å². The molecule has 0 amide bonds. The molecule has 0 unspecified atom stereocenters. The van der Waals surface area contributed by atoms with Crippen LogP contribution in [0.15, 0.2) is 48.0 Å². The number of hydrogen-bond donors (Lipinski definition) is 1. The van der Waals surface area contributed by atoms with Crippen LogP contribution < -0.4 is 5.32 Å². The van der Waals surface area contributed by atoms with Gasteiger partial charge in [-0.3, -0.25) is 0 Å². The van der Waals surface area contributed by atoms with Gasteiger partial charge in [-0.05, 0) is 62.5 Å². The van der Waals surface area contributed by atoms with Crippen LogP contribution in [0.5, 0.6) is 0 Å². The summed E-state index contributed by atoms with van der Waals surface area (Å²) in [5.41, 5.74) is 3.54. The van der Waals surface area contributed by atoms with Gasteiger partial charge in [-0.2, -0.15) is 0 Å². The molecule has 1 aliphatic rings. The predicted octanol–water partition coefficient (Wildman–Crippen LogP) is 3.79.